The number of rotatable bonds is 4. The molecular formula is C46H54N2O4Pt2-2. The smallest absolute Gasteiger partial charge is 0.164 e. The van der Waals surface area contributed by atoms with Crippen LogP contribution in [0.3, 0.4) is 0 Å². The summed E-state index contributed by atoms with van der Waals surface area (Å²) < 4.78 is 0. The van der Waals surface area contributed by atoms with E-state index in [0.29, 0.717) is 0 Å². The number of carbonyl (C=O) groups is 2. The zero-order valence-electron chi connectivity index (χ0n) is 33.5. The van der Waals surface area contributed by atoms with Crippen LogP contribution in [0.25, 0.3) is 44.1 Å². The van der Waals surface area contributed by atoms with Crippen molar-refractivity contribution in [1.29, 1.82) is 0 Å². The number of fused-ring (bicyclic) bond motifs is 2. The number of aliphatic hydroxyl groups excluding tert-OH is 2. The number of hydrogen-bond donors (Lipinski definition) is 2. The first kappa shape index (κ1) is 48.3. The number of ketones is 2. The first-order chi connectivity index (χ1) is 24.0. The summed E-state index contributed by atoms with van der Waals surface area (Å²) in [5, 5.41) is 23.7. The minimum absolute atomic E-state index is 0. The predicted molar refractivity (Wildman–Crippen MR) is 215 cm³/mol. The van der Waals surface area contributed by atoms with Crippen molar-refractivity contribution in [2.45, 2.75) is 83.1 Å². The number of nitrogens with zero attached hydrogens (tertiary/aromatic N) is 2. The molecule has 0 aliphatic rings. The number of aromatic nitrogens is 2. The first-order valence-corrected chi connectivity index (χ1v) is 17.5. The molecule has 0 radical (unpaired) electrons. The van der Waals surface area contributed by atoms with Crippen molar-refractivity contribution >= 4 is 33.1 Å². The van der Waals surface area contributed by atoms with Gasteiger partial charge < -0.3 is 20.2 Å². The molecule has 0 bridgehead atoms. The molecule has 0 fully saturated rings. The number of carbonyl (C=O) groups excluding carboxylic acids is 2. The van der Waals surface area contributed by atoms with E-state index in [1.165, 1.54) is 22.9 Å². The third-order valence-electron chi connectivity index (χ3n) is 8.15. The summed E-state index contributed by atoms with van der Waals surface area (Å²) in [7, 11) is 0. The van der Waals surface area contributed by atoms with Gasteiger partial charge in [0.25, 0.3) is 0 Å². The van der Waals surface area contributed by atoms with Gasteiger partial charge >= 0.3 is 0 Å². The van der Waals surface area contributed by atoms with Gasteiger partial charge in [0, 0.05) is 88.3 Å². The average Bonchev–Trinajstić information content (AvgIpc) is 3.06. The van der Waals surface area contributed by atoms with E-state index in [1.54, 1.807) is 0 Å². The Morgan fingerprint density at radius 3 is 1.11 bits per heavy atom. The van der Waals surface area contributed by atoms with Gasteiger partial charge in [-0.05, 0) is 45.1 Å². The molecule has 0 amide bonds. The van der Waals surface area contributed by atoms with Crippen molar-refractivity contribution in [3.05, 3.63) is 121 Å². The van der Waals surface area contributed by atoms with E-state index < -0.39 is 10.8 Å². The minimum atomic E-state index is -0.417. The normalized spacial score (nSPS) is 12.3. The number of allylic oxidation sites excluding steroid dienone is 4. The maximum Gasteiger partial charge on any atom is 0.164 e. The van der Waals surface area contributed by atoms with Gasteiger partial charge in [-0.15, -0.1) is 0 Å². The van der Waals surface area contributed by atoms with Crippen molar-refractivity contribution < 1.29 is 61.9 Å². The van der Waals surface area contributed by atoms with Gasteiger partial charge in [-0.25, -0.2) is 35.4 Å². The van der Waals surface area contributed by atoms with Crippen molar-refractivity contribution in [1.82, 2.24) is 9.97 Å². The molecule has 5 rings (SSSR count). The molecule has 0 spiro atoms. The Bertz CT molecular complexity index is 1910. The van der Waals surface area contributed by atoms with Crippen LogP contribution in [-0.4, -0.2) is 31.7 Å². The molecule has 2 N–H and O–H groups in total. The van der Waals surface area contributed by atoms with Gasteiger partial charge in [0.1, 0.15) is 11.5 Å². The van der Waals surface area contributed by atoms with E-state index in [4.69, 9.17) is 0 Å². The van der Waals surface area contributed by atoms with Crippen molar-refractivity contribution in [3.63, 3.8) is 0 Å². The van der Waals surface area contributed by atoms with Crippen LogP contribution in [0.15, 0.2) is 109 Å². The second-order valence-electron chi connectivity index (χ2n) is 17.0. The van der Waals surface area contributed by atoms with E-state index >= 15 is 0 Å². The first-order valence-electron chi connectivity index (χ1n) is 17.5. The molecule has 294 valence electrons. The Morgan fingerprint density at radius 2 is 0.833 bits per heavy atom. The monoisotopic (exact) mass is 1090 g/mol. The third-order valence-corrected chi connectivity index (χ3v) is 8.15. The molecule has 0 unspecified atom stereocenters. The quantitative estimate of drug-likeness (QED) is 0.106. The van der Waals surface area contributed by atoms with E-state index in [-0.39, 0.29) is 76.0 Å². The summed E-state index contributed by atoms with van der Waals surface area (Å²) in [6.07, 6.45) is 6.34. The van der Waals surface area contributed by atoms with E-state index in [0.717, 1.165) is 33.3 Å². The van der Waals surface area contributed by atoms with Crippen molar-refractivity contribution in [2.24, 2.45) is 21.7 Å². The molecule has 54 heavy (non-hydrogen) atoms. The second-order valence-corrected chi connectivity index (χ2v) is 17.0. The van der Waals surface area contributed by atoms with Gasteiger partial charge in [-0.1, -0.05) is 132 Å². The Hall–Kier alpha value is -3.72. The van der Waals surface area contributed by atoms with Crippen molar-refractivity contribution in [2.75, 3.05) is 0 Å². The molecule has 0 aliphatic heterocycles. The molecule has 0 saturated heterocycles. The van der Waals surface area contributed by atoms with Crippen LogP contribution in [0.2, 0.25) is 0 Å². The Labute approximate surface area is 351 Å². The van der Waals surface area contributed by atoms with E-state index in [2.05, 4.69) is 46.4 Å². The second kappa shape index (κ2) is 19.7. The predicted octanol–water partition coefficient (Wildman–Crippen LogP) is 11.9. The standard InChI is InChI=1S/C24H14N2.2C11H20O2.2Pt/c1-3-7-21-17(5-1)13-15-25-23(21)19-9-11-20(12-10-19)24-22-8-4-2-6-18(22)14-16-26-24;2*1-10(2,3)8(12)7-9(13)11(4,5)6;;/h1-9,12-16H;2*7,12H,1-6H3;;/q-2;;;;/b;2*8-7-;;. The van der Waals surface area contributed by atoms with E-state index in [9.17, 15) is 19.8 Å². The molecule has 6 nitrogen and oxygen atoms in total. The van der Waals surface area contributed by atoms with Gasteiger partial charge in [0.15, 0.2) is 11.6 Å². The average molecular weight is 1090 g/mol. The summed E-state index contributed by atoms with van der Waals surface area (Å²) >= 11 is 0. The Morgan fingerprint density at radius 1 is 0.519 bits per heavy atom. The molecule has 0 atom stereocenters. The number of aliphatic hydroxyl groups is 2. The molecule has 2 heterocycles. The summed E-state index contributed by atoms with van der Waals surface area (Å²) in [6, 6.07) is 31.2. The molecule has 0 saturated carbocycles. The SMILES string of the molecule is CC(C)(C)C(=O)/C=C(\O)C(C)(C)C.CC(C)(C)C(=O)/C=C(\O)C(C)(C)C.[Pt].[Pt].[c-]1cc(-c2nccc3ccccc23)[c-]cc1-c1nccc2ccccc12. The van der Waals surface area contributed by atoms with Gasteiger partial charge in [0.2, 0.25) is 0 Å². The number of benzene rings is 3. The van der Waals surface area contributed by atoms with Gasteiger partial charge in [-0.3, -0.25) is 9.59 Å². The fourth-order valence-electron chi connectivity index (χ4n) is 4.44. The molecule has 0 aliphatic carbocycles. The largest absolute Gasteiger partial charge is 0.512 e. The maximum atomic E-state index is 11.5. The van der Waals surface area contributed by atoms with Crippen LogP contribution >= 0.6 is 0 Å². The van der Waals surface area contributed by atoms with E-state index in [1.807, 2.05) is 144 Å². The summed E-state index contributed by atoms with van der Waals surface area (Å²) in [6.45, 7) is 22.2. The maximum absolute atomic E-state index is 11.5. The molecule has 2 aromatic heterocycles. The molecule has 3 aromatic carbocycles. The minimum Gasteiger partial charge on any atom is -0.512 e. The number of hydrogen-bond acceptors (Lipinski definition) is 6. The fourth-order valence-corrected chi connectivity index (χ4v) is 4.44. The van der Waals surface area contributed by atoms with Gasteiger partial charge in [-0.2, -0.15) is 0 Å². The van der Waals surface area contributed by atoms with Gasteiger partial charge in [0.05, 0.1) is 0 Å². The van der Waals surface area contributed by atoms with Crippen molar-refractivity contribution in [3.8, 4) is 22.5 Å². The Balaban J connectivity index is 0.000000447. The fraction of sp³-hybridized carbons (Fsp3) is 0.348. The zero-order chi connectivity index (χ0) is 39.1. The zero-order valence-corrected chi connectivity index (χ0v) is 38.0. The topological polar surface area (TPSA) is 100 Å². The number of pyridine rings is 2. The molecule has 5 aromatic rings. The van der Waals surface area contributed by atoms with Crippen LogP contribution in [0, 0.1) is 33.8 Å². The van der Waals surface area contributed by atoms with Crippen LogP contribution in [0.1, 0.15) is 83.1 Å². The van der Waals surface area contributed by atoms with Crippen LogP contribution in [0.5, 0.6) is 0 Å². The van der Waals surface area contributed by atoms with Crippen LogP contribution in [0.4, 0.5) is 0 Å². The molecular weight excluding hydrogens is 1030 g/mol. The third kappa shape index (κ3) is 13.8. The summed E-state index contributed by atoms with van der Waals surface area (Å²) in [5.41, 5.74) is 2.20. The summed E-state index contributed by atoms with van der Waals surface area (Å²) in [5.74, 6) is 0.208. The summed E-state index contributed by atoms with van der Waals surface area (Å²) in [4.78, 5) is 32.1. The van der Waals surface area contributed by atoms with Crippen LogP contribution < -0.4 is 0 Å². The Kier molecular flexibility index (Phi) is 17.7. The van der Waals surface area contributed by atoms with Crippen LogP contribution in [-0.2, 0) is 51.7 Å². The molecule has 8 heteroatoms.